The van der Waals surface area contributed by atoms with Crippen molar-refractivity contribution >= 4 is 17.4 Å². The van der Waals surface area contributed by atoms with Gasteiger partial charge in [-0.1, -0.05) is 6.07 Å². The van der Waals surface area contributed by atoms with Crippen molar-refractivity contribution in [2.45, 2.75) is 32.4 Å². The summed E-state index contributed by atoms with van der Waals surface area (Å²) < 4.78 is 5.37. The van der Waals surface area contributed by atoms with Crippen molar-refractivity contribution in [3.05, 3.63) is 22.4 Å². The Kier molecular flexibility index (Phi) is 4.13. The number of amides is 1. The zero-order chi connectivity index (χ0) is 14.0. The van der Waals surface area contributed by atoms with E-state index in [0.29, 0.717) is 19.6 Å². The summed E-state index contributed by atoms with van der Waals surface area (Å²) in [5.74, 6) is 0. The van der Waals surface area contributed by atoms with Crippen LogP contribution in [0.4, 0.5) is 4.79 Å². The molecule has 19 heavy (non-hydrogen) atoms. The number of hydrogen-bond acceptors (Lipinski definition) is 5. The summed E-state index contributed by atoms with van der Waals surface area (Å²) in [6, 6.07) is 3.75. The van der Waals surface area contributed by atoms with Crippen LogP contribution in [0.1, 0.15) is 31.7 Å². The maximum absolute atomic E-state index is 12.0. The number of piperazine rings is 1. The minimum absolute atomic E-state index is 0.165. The third-order valence-electron chi connectivity index (χ3n) is 2.88. The highest BCUT2D eigenvalue weighted by Crippen LogP contribution is 2.28. The van der Waals surface area contributed by atoms with Crippen molar-refractivity contribution in [2.75, 3.05) is 19.6 Å². The van der Waals surface area contributed by atoms with Crippen LogP contribution in [0, 0.1) is 0 Å². The van der Waals surface area contributed by atoms with Crippen LogP contribution in [0.25, 0.3) is 0 Å². The Morgan fingerprint density at radius 3 is 2.79 bits per heavy atom. The van der Waals surface area contributed by atoms with Gasteiger partial charge in [0.2, 0.25) is 0 Å². The SMILES string of the molecule is CC(C)(C)OC(=O)N1CCN(O)C(c2cccs2)C1. The van der Waals surface area contributed by atoms with Gasteiger partial charge in [-0.25, -0.2) is 4.79 Å². The molecule has 0 bridgehead atoms. The maximum atomic E-state index is 12.0. The van der Waals surface area contributed by atoms with Gasteiger partial charge in [0, 0.05) is 24.5 Å². The fraction of sp³-hybridized carbons (Fsp3) is 0.615. The van der Waals surface area contributed by atoms with Crippen LogP contribution in [0.15, 0.2) is 17.5 Å². The van der Waals surface area contributed by atoms with Gasteiger partial charge in [0.15, 0.2) is 0 Å². The molecule has 5 nitrogen and oxygen atoms in total. The molecule has 6 heteroatoms. The first-order valence-electron chi connectivity index (χ1n) is 6.33. The van der Waals surface area contributed by atoms with Crippen molar-refractivity contribution in [2.24, 2.45) is 0 Å². The van der Waals surface area contributed by atoms with E-state index in [4.69, 9.17) is 4.74 Å². The molecule has 1 saturated heterocycles. The molecule has 0 spiro atoms. The van der Waals surface area contributed by atoms with Gasteiger partial charge in [0.05, 0.1) is 6.04 Å². The Morgan fingerprint density at radius 2 is 2.21 bits per heavy atom. The van der Waals surface area contributed by atoms with Crippen molar-refractivity contribution in [1.82, 2.24) is 9.96 Å². The van der Waals surface area contributed by atoms with Gasteiger partial charge in [-0.05, 0) is 32.2 Å². The molecule has 1 atom stereocenters. The Bertz CT molecular complexity index is 428. The third-order valence-corrected chi connectivity index (χ3v) is 3.85. The van der Waals surface area contributed by atoms with Crippen molar-refractivity contribution in [1.29, 1.82) is 0 Å². The van der Waals surface area contributed by atoms with Gasteiger partial charge >= 0.3 is 6.09 Å². The number of carbonyl (C=O) groups excluding carboxylic acids is 1. The molecule has 0 aromatic carbocycles. The first kappa shape index (κ1) is 14.3. The summed E-state index contributed by atoms with van der Waals surface area (Å²) in [7, 11) is 0. The van der Waals surface area contributed by atoms with Gasteiger partial charge in [-0.3, -0.25) is 0 Å². The average Bonchev–Trinajstić information content (AvgIpc) is 2.80. The lowest BCUT2D eigenvalue weighted by Gasteiger charge is -2.38. The topological polar surface area (TPSA) is 53.0 Å². The summed E-state index contributed by atoms with van der Waals surface area (Å²) in [5.41, 5.74) is -0.494. The van der Waals surface area contributed by atoms with Gasteiger partial charge in [-0.2, -0.15) is 5.06 Å². The molecule has 1 aliphatic rings. The molecule has 1 amide bonds. The number of hydrogen-bond donors (Lipinski definition) is 1. The molecule has 0 aliphatic carbocycles. The molecular formula is C13H20N2O3S. The average molecular weight is 284 g/mol. The lowest BCUT2D eigenvalue weighted by Crippen LogP contribution is -2.50. The van der Waals surface area contributed by atoms with Crippen LogP contribution in [-0.2, 0) is 4.74 Å². The zero-order valence-electron chi connectivity index (χ0n) is 11.5. The fourth-order valence-corrected chi connectivity index (χ4v) is 2.81. The van der Waals surface area contributed by atoms with Gasteiger partial charge in [0.1, 0.15) is 5.60 Å². The van der Waals surface area contributed by atoms with E-state index in [2.05, 4.69) is 0 Å². The molecule has 0 saturated carbocycles. The first-order chi connectivity index (χ1) is 8.87. The van der Waals surface area contributed by atoms with Crippen LogP contribution in [-0.4, -0.2) is 46.5 Å². The fourth-order valence-electron chi connectivity index (χ4n) is 1.98. The number of nitrogens with zero attached hydrogens (tertiary/aromatic N) is 2. The van der Waals surface area contributed by atoms with E-state index in [1.54, 1.807) is 16.2 Å². The number of hydroxylamine groups is 2. The minimum Gasteiger partial charge on any atom is -0.444 e. The summed E-state index contributed by atoms with van der Waals surface area (Å²) in [6.45, 7) is 6.92. The molecule has 1 aromatic rings. The van der Waals surface area contributed by atoms with E-state index in [1.165, 1.54) is 5.06 Å². The Labute approximate surface area is 117 Å². The monoisotopic (exact) mass is 284 g/mol. The number of thiophene rings is 1. The minimum atomic E-state index is -0.494. The number of rotatable bonds is 1. The first-order valence-corrected chi connectivity index (χ1v) is 7.21. The molecule has 1 unspecified atom stereocenters. The molecule has 1 N–H and O–H groups in total. The van der Waals surface area contributed by atoms with Crippen molar-refractivity contribution < 1.29 is 14.7 Å². The largest absolute Gasteiger partial charge is 0.444 e. The van der Waals surface area contributed by atoms with Crippen molar-refractivity contribution in [3.8, 4) is 0 Å². The molecule has 1 aliphatic heterocycles. The van der Waals surface area contributed by atoms with Crippen LogP contribution >= 0.6 is 11.3 Å². The predicted octanol–water partition coefficient (Wildman–Crippen LogP) is 2.73. The second-order valence-corrected chi connectivity index (χ2v) is 6.60. The number of ether oxygens (including phenoxy) is 1. The molecule has 106 valence electrons. The summed E-state index contributed by atoms with van der Waals surface area (Å²) in [4.78, 5) is 14.7. The molecule has 0 radical (unpaired) electrons. The lowest BCUT2D eigenvalue weighted by atomic mass is 10.1. The number of carbonyl (C=O) groups is 1. The van der Waals surface area contributed by atoms with E-state index < -0.39 is 5.60 Å². The summed E-state index contributed by atoms with van der Waals surface area (Å²) >= 11 is 1.58. The van der Waals surface area contributed by atoms with E-state index in [9.17, 15) is 10.0 Å². The third kappa shape index (κ3) is 3.68. The van der Waals surface area contributed by atoms with Crippen LogP contribution in [0.3, 0.4) is 0 Å². The molecule has 1 fully saturated rings. The molecular weight excluding hydrogens is 264 g/mol. The second-order valence-electron chi connectivity index (χ2n) is 5.62. The van der Waals surface area contributed by atoms with Crippen LogP contribution in [0.2, 0.25) is 0 Å². The Morgan fingerprint density at radius 1 is 1.47 bits per heavy atom. The lowest BCUT2D eigenvalue weighted by molar-refractivity contribution is -0.154. The highest BCUT2D eigenvalue weighted by atomic mass is 32.1. The second kappa shape index (κ2) is 5.48. The highest BCUT2D eigenvalue weighted by molar-refractivity contribution is 7.10. The maximum Gasteiger partial charge on any atom is 0.410 e. The summed E-state index contributed by atoms with van der Waals surface area (Å²) in [5, 5.41) is 13.2. The Balaban J connectivity index is 2.03. The smallest absolute Gasteiger partial charge is 0.410 e. The predicted molar refractivity (Wildman–Crippen MR) is 73.4 cm³/mol. The van der Waals surface area contributed by atoms with E-state index in [0.717, 1.165) is 4.88 Å². The van der Waals surface area contributed by atoms with Gasteiger partial charge < -0.3 is 14.8 Å². The van der Waals surface area contributed by atoms with Crippen LogP contribution in [0.5, 0.6) is 0 Å². The van der Waals surface area contributed by atoms with E-state index in [-0.39, 0.29) is 12.1 Å². The van der Waals surface area contributed by atoms with Gasteiger partial charge in [0.25, 0.3) is 0 Å². The van der Waals surface area contributed by atoms with Crippen LogP contribution < -0.4 is 0 Å². The highest BCUT2D eigenvalue weighted by Gasteiger charge is 2.32. The molecule has 2 heterocycles. The summed E-state index contributed by atoms with van der Waals surface area (Å²) in [6.07, 6.45) is -0.317. The van der Waals surface area contributed by atoms with Crippen molar-refractivity contribution in [3.63, 3.8) is 0 Å². The van der Waals surface area contributed by atoms with E-state index in [1.807, 2.05) is 38.3 Å². The normalized spacial score (nSPS) is 21.5. The standard InChI is InChI=1S/C13H20N2O3S/c1-13(2,3)18-12(16)14-6-7-15(17)10(9-14)11-5-4-8-19-11/h4-5,8,10,17H,6-7,9H2,1-3H3. The zero-order valence-corrected chi connectivity index (χ0v) is 12.3. The van der Waals surface area contributed by atoms with E-state index >= 15 is 0 Å². The van der Waals surface area contributed by atoms with Gasteiger partial charge in [-0.15, -0.1) is 11.3 Å². The Hall–Kier alpha value is -1.11. The quantitative estimate of drug-likeness (QED) is 0.861. The molecule has 2 rings (SSSR count). The molecule has 1 aromatic heterocycles.